The lowest BCUT2D eigenvalue weighted by Gasteiger charge is -2.38. The fourth-order valence-corrected chi connectivity index (χ4v) is 3.95. The van der Waals surface area contributed by atoms with Crippen LogP contribution in [0.3, 0.4) is 0 Å². The standard InChI is InChI=1S/C23H25N3O3/c27-21(13-12-18-8-3-1-4-9-18)26-15-7-14-23(17-26)16-20(25-29-23)22(28)24-19-10-5-2-6-11-19/h1-6,8-11H,7,12-17H2,(H,24,28). The predicted molar refractivity (Wildman–Crippen MR) is 112 cm³/mol. The van der Waals surface area contributed by atoms with Crippen LogP contribution in [-0.2, 0) is 20.8 Å². The molecule has 1 N–H and O–H groups in total. The van der Waals surface area contributed by atoms with Crippen LogP contribution in [0.25, 0.3) is 0 Å². The second-order valence-corrected chi connectivity index (χ2v) is 7.71. The van der Waals surface area contributed by atoms with Crippen molar-refractivity contribution < 1.29 is 14.4 Å². The van der Waals surface area contributed by atoms with E-state index in [1.165, 1.54) is 0 Å². The van der Waals surface area contributed by atoms with Crippen molar-refractivity contribution >= 4 is 23.2 Å². The third-order valence-electron chi connectivity index (χ3n) is 5.50. The molecule has 1 spiro atoms. The summed E-state index contributed by atoms with van der Waals surface area (Å²) >= 11 is 0. The Balaban J connectivity index is 1.32. The maximum Gasteiger partial charge on any atom is 0.273 e. The van der Waals surface area contributed by atoms with E-state index in [1.54, 1.807) is 0 Å². The number of rotatable bonds is 5. The number of hydrogen-bond acceptors (Lipinski definition) is 4. The van der Waals surface area contributed by atoms with Crippen molar-refractivity contribution in [1.29, 1.82) is 0 Å². The van der Waals surface area contributed by atoms with Crippen LogP contribution in [0.1, 0.15) is 31.2 Å². The lowest BCUT2D eigenvalue weighted by Crippen LogP contribution is -2.50. The van der Waals surface area contributed by atoms with Gasteiger partial charge in [-0.2, -0.15) is 0 Å². The molecule has 0 aliphatic carbocycles. The van der Waals surface area contributed by atoms with Crippen LogP contribution in [0.2, 0.25) is 0 Å². The van der Waals surface area contributed by atoms with Gasteiger partial charge in [0.25, 0.3) is 5.91 Å². The van der Waals surface area contributed by atoms with E-state index in [9.17, 15) is 9.59 Å². The number of carbonyl (C=O) groups excluding carboxylic acids is 2. The second kappa shape index (κ2) is 8.47. The first-order chi connectivity index (χ1) is 14.1. The van der Waals surface area contributed by atoms with Gasteiger partial charge in [0.2, 0.25) is 5.91 Å². The maximum absolute atomic E-state index is 12.7. The number of nitrogens with one attached hydrogen (secondary N) is 1. The smallest absolute Gasteiger partial charge is 0.273 e. The molecule has 0 saturated carbocycles. The number of carbonyl (C=O) groups is 2. The van der Waals surface area contributed by atoms with Gasteiger partial charge < -0.3 is 15.1 Å². The Kier molecular flexibility index (Phi) is 5.60. The van der Waals surface area contributed by atoms with E-state index in [2.05, 4.69) is 10.5 Å². The van der Waals surface area contributed by atoms with Gasteiger partial charge in [0, 0.05) is 25.1 Å². The number of para-hydroxylation sites is 1. The van der Waals surface area contributed by atoms with E-state index in [0.29, 0.717) is 25.1 Å². The zero-order valence-corrected chi connectivity index (χ0v) is 16.3. The summed E-state index contributed by atoms with van der Waals surface area (Å²) < 4.78 is 0. The van der Waals surface area contributed by atoms with Crippen LogP contribution in [0.4, 0.5) is 5.69 Å². The van der Waals surface area contributed by atoms with Crippen molar-refractivity contribution in [3.63, 3.8) is 0 Å². The van der Waals surface area contributed by atoms with Crippen LogP contribution < -0.4 is 5.32 Å². The summed E-state index contributed by atoms with van der Waals surface area (Å²) in [5, 5.41) is 6.91. The first-order valence-electron chi connectivity index (χ1n) is 10.1. The van der Waals surface area contributed by atoms with E-state index in [1.807, 2.05) is 65.6 Å². The van der Waals surface area contributed by atoms with Gasteiger partial charge in [-0.15, -0.1) is 0 Å². The predicted octanol–water partition coefficient (Wildman–Crippen LogP) is 3.40. The minimum atomic E-state index is -0.579. The molecule has 0 bridgehead atoms. The molecule has 29 heavy (non-hydrogen) atoms. The average molecular weight is 391 g/mol. The molecule has 6 nitrogen and oxygen atoms in total. The van der Waals surface area contributed by atoms with Crippen molar-refractivity contribution in [2.24, 2.45) is 5.16 Å². The van der Waals surface area contributed by atoms with Crippen LogP contribution in [0, 0.1) is 0 Å². The number of aryl methyl sites for hydroxylation is 1. The Bertz CT molecular complexity index is 898. The summed E-state index contributed by atoms with van der Waals surface area (Å²) in [6, 6.07) is 19.3. The molecule has 4 rings (SSSR count). The molecule has 2 heterocycles. The number of hydrogen-bond donors (Lipinski definition) is 1. The van der Waals surface area contributed by atoms with Gasteiger partial charge in [-0.3, -0.25) is 9.59 Å². The summed E-state index contributed by atoms with van der Waals surface area (Å²) in [7, 11) is 0. The lowest BCUT2D eigenvalue weighted by molar-refractivity contribution is -0.140. The summed E-state index contributed by atoms with van der Waals surface area (Å²) in [6.07, 6.45) is 3.27. The van der Waals surface area contributed by atoms with Gasteiger partial charge in [-0.25, -0.2) is 0 Å². The minimum absolute atomic E-state index is 0.124. The molecule has 2 aromatic rings. The fraction of sp³-hybridized carbons (Fsp3) is 0.348. The van der Waals surface area contributed by atoms with E-state index in [0.717, 1.165) is 37.1 Å². The van der Waals surface area contributed by atoms with Crippen molar-refractivity contribution in [2.45, 2.75) is 37.7 Å². The Labute approximate surface area is 170 Å². The van der Waals surface area contributed by atoms with Gasteiger partial charge in [-0.1, -0.05) is 53.7 Å². The van der Waals surface area contributed by atoms with Crippen molar-refractivity contribution in [1.82, 2.24) is 4.90 Å². The van der Waals surface area contributed by atoms with Gasteiger partial charge in [-0.05, 0) is 37.0 Å². The number of benzene rings is 2. The Morgan fingerprint density at radius 3 is 2.55 bits per heavy atom. The molecule has 1 unspecified atom stereocenters. The van der Waals surface area contributed by atoms with Gasteiger partial charge in [0.05, 0.1) is 6.54 Å². The third-order valence-corrected chi connectivity index (χ3v) is 5.50. The molecule has 6 heteroatoms. The zero-order chi connectivity index (χ0) is 20.1. The average Bonchev–Trinajstić information content (AvgIpc) is 3.16. The Hall–Kier alpha value is -3.15. The van der Waals surface area contributed by atoms with Crippen LogP contribution >= 0.6 is 0 Å². The molecule has 150 valence electrons. The van der Waals surface area contributed by atoms with Crippen molar-refractivity contribution in [2.75, 3.05) is 18.4 Å². The molecule has 1 saturated heterocycles. The number of nitrogens with zero attached hydrogens (tertiary/aromatic N) is 2. The number of anilines is 1. The quantitative estimate of drug-likeness (QED) is 0.849. The molecular weight excluding hydrogens is 366 g/mol. The summed E-state index contributed by atoms with van der Waals surface area (Å²) in [4.78, 5) is 32.8. The van der Waals surface area contributed by atoms with Crippen LogP contribution in [0.5, 0.6) is 0 Å². The molecule has 2 amide bonds. The van der Waals surface area contributed by atoms with Gasteiger partial charge >= 0.3 is 0 Å². The third kappa shape index (κ3) is 4.65. The monoisotopic (exact) mass is 391 g/mol. The zero-order valence-electron chi connectivity index (χ0n) is 16.3. The topological polar surface area (TPSA) is 71.0 Å². The summed E-state index contributed by atoms with van der Waals surface area (Å²) in [5.74, 6) is -0.126. The van der Waals surface area contributed by atoms with Gasteiger partial charge in [0.1, 0.15) is 5.71 Å². The summed E-state index contributed by atoms with van der Waals surface area (Å²) in [6.45, 7) is 1.20. The highest BCUT2D eigenvalue weighted by atomic mass is 16.7. The van der Waals surface area contributed by atoms with Gasteiger partial charge in [0.15, 0.2) is 5.60 Å². The Morgan fingerprint density at radius 1 is 1.07 bits per heavy atom. The summed E-state index contributed by atoms with van der Waals surface area (Å²) in [5.41, 5.74) is 1.69. The molecule has 2 aromatic carbocycles. The highest BCUT2D eigenvalue weighted by molar-refractivity contribution is 6.43. The molecule has 1 atom stereocenters. The normalized spacial score (nSPS) is 20.8. The first kappa shape index (κ1) is 19.2. The molecule has 1 fully saturated rings. The highest BCUT2D eigenvalue weighted by Crippen LogP contribution is 2.34. The number of piperidine rings is 1. The van der Waals surface area contributed by atoms with Crippen molar-refractivity contribution in [3.05, 3.63) is 66.2 Å². The molecule has 0 aromatic heterocycles. The SMILES string of the molecule is O=C(Nc1ccccc1)C1=NOC2(CCCN(C(=O)CCc3ccccc3)C2)C1. The minimum Gasteiger partial charge on any atom is -0.386 e. The molecule has 2 aliphatic heterocycles. The lowest BCUT2D eigenvalue weighted by atomic mass is 9.87. The molecule has 2 aliphatic rings. The second-order valence-electron chi connectivity index (χ2n) is 7.71. The Morgan fingerprint density at radius 2 is 1.79 bits per heavy atom. The van der Waals surface area contributed by atoms with Crippen LogP contribution in [0.15, 0.2) is 65.8 Å². The van der Waals surface area contributed by atoms with Crippen LogP contribution in [-0.4, -0.2) is 41.1 Å². The number of likely N-dealkylation sites (tertiary alicyclic amines) is 1. The fourth-order valence-electron chi connectivity index (χ4n) is 3.95. The largest absolute Gasteiger partial charge is 0.386 e. The van der Waals surface area contributed by atoms with E-state index >= 15 is 0 Å². The highest BCUT2D eigenvalue weighted by Gasteiger charge is 2.45. The van der Waals surface area contributed by atoms with E-state index in [-0.39, 0.29) is 11.8 Å². The molecular formula is C23H25N3O3. The maximum atomic E-state index is 12.7. The first-order valence-corrected chi connectivity index (χ1v) is 10.1. The number of oxime groups is 1. The molecule has 0 radical (unpaired) electrons. The van der Waals surface area contributed by atoms with E-state index < -0.39 is 5.60 Å². The number of amides is 2. The van der Waals surface area contributed by atoms with Crippen molar-refractivity contribution in [3.8, 4) is 0 Å². The van der Waals surface area contributed by atoms with E-state index in [4.69, 9.17) is 4.84 Å².